The van der Waals surface area contributed by atoms with Gasteiger partial charge in [0.25, 0.3) is 0 Å². The Labute approximate surface area is 161 Å². The van der Waals surface area contributed by atoms with Crippen molar-refractivity contribution in [3.63, 3.8) is 0 Å². The summed E-state index contributed by atoms with van der Waals surface area (Å²) in [5.41, 5.74) is 0.350. The van der Waals surface area contributed by atoms with Gasteiger partial charge in [-0.2, -0.15) is 0 Å². The van der Waals surface area contributed by atoms with Gasteiger partial charge in [0, 0.05) is 26.7 Å². The van der Waals surface area contributed by atoms with Gasteiger partial charge in [-0.05, 0) is 101 Å². The first-order chi connectivity index (χ1) is 11.7. The van der Waals surface area contributed by atoms with Crippen molar-refractivity contribution in [2.75, 3.05) is 14.1 Å². The van der Waals surface area contributed by atoms with E-state index in [1.54, 1.807) is 0 Å². The van der Waals surface area contributed by atoms with E-state index in [2.05, 4.69) is 65.4 Å². The van der Waals surface area contributed by atoms with Crippen LogP contribution in [0.15, 0.2) is 0 Å². The van der Waals surface area contributed by atoms with Crippen LogP contribution in [0.2, 0.25) is 0 Å². The van der Waals surface area contributed by atoms with Crippen molar-refractivity contribution in [1.29, 1.82) is 0 Å². The molecule has 0 amide bonds. The topological polar surface area (TPSA) is 53.0 Å². The average molecular weight is 388 g/mol. The second kappa shape index (κ2) is 7.40. The fourth-order valence-electron chi connectivity index (χ4n) is 5.40. The van der Waals surface area contributed by atoms with Crippen LogP contribution in [-0.4, -0.2) is 57.0 Å². The SMILES string of the molecule is CN1C(C)(C)CCCC1(C)CCC1(C)CC(O[P+](=O)O)CC(C)(C)N1C. The maximum absolute atomic E-state index is 11.2. The van der Waals surface area contributed by atoms with Crippen LogP contribution < -0.4 is 0 Å². The van der Waals surface area contributed by atoms with Crippen molar-refractivity contribution in [2.24, 2.45) is 0 Å². The predicted octanol–water partition coefficient (Wildman–Crippen LogP) is 4.72. The summed E-state index contributed by atoms with van der Waals surface area (Å²) in [6.45, 7) is 13.8. The van der Waals surface area contributed by atoms with Crippen LogP contribution in [-0.2, 0) is 9.09 Å². The van der Waals surface area contributed by atoms with Gasteiger partial charge in [0.15, 0.2) is 0 Å². The van der Waals surface area contributed by atoms with E-state index in [1.165, 1.54) is 19.3 Å². The smallest absolute Gasteiger partial charge is 0.296 e. The molecule has 2 aliphatic rings. The summed E-state index contributed by atoms with van der Waals surface area (Å²) >= 11 is 0. The molecule has 0 radical (unpaired) electrons. The lowest BCUT2D eigenvalue weighted by Gasteiger charge is -2.57. The maximum Gasteiger partial charge on any atom is 0.694 e. The lowest BCUT2D eigenvalue weighted by atomic mass is 9.71. The molecule has 2 rings (SSSR count). The second-order valence-corrected chi connectivity index (χ2v) is 11.2. The second-order valence-electron chi connectivity index (χ2n) is 10.5. The molecule has 0 aliphatic carbocycles. The van der Waals surface area contributed by atoms with Gasteiger partial charge in [-0.3, -0.25) is 9.80 Å². The van der Waals surface area contributed by atoms with Crippen LogP contribution in [0.25, 0.3) is 0 Å². The van der Waals surface area contributed by atoms with Gasteiger partial charge in [-0.25, -0.2) is 0 Å². The molecule has 5 nitrogen and oxygen atoms in total. The van der Waals surface area contributed by atoms with Crippen molar-refractivity contribution < 1.29 is 14.0 Å². The molecule has 2 heterocycles. The van der Waals surface area contributed by atoms with E-state index in [1.807, 2.05) is 0 Å². The van der Waals surface area contributed by atoms with E-state index in [0.29, 0.717) is 0 Å². The van der Waals surface area contributed by atoms with Crippen molar-refractivity contribution in [3.05, 3.63) is 0 Å². The monoisotopic (exact) mass is 387 g/mol. The Hall–Kier alpha value is -0.0600. The zero-order valence-electron chi connectivity index (χ0n) is 18.1. The Bertz CT molecular complexity index is 539. The van der Waals surface area contributed by atoms with E-state index >= 15 is 0 Å². The fraction of sp³-hybridized carbons (Fsp3) is 1.00. The zero-order valence-corrected chi connectivity index (χ0v) is 19.0. The molecule has 4 atom stereocenters. The molecule has 152 valence electrons. The average Bonchev–Trinajstić information content (AvgIpc) is 2.48. The Morgan fingerprint density at radius 2 is 1.46 bits per heavy atom. The van der Waals surface area contributed by atoms with E-state index in [4.69, 9.17) is 4.52 Å². The summed E-state index contributed by atoms with van der Waals surface area (Å²) < 4.78 is 16.6. The fourth-order valence-corrected chi connectivity index (χ4v) is 5.80. The molecular formula is C20H40N2O3P+. The Morgan fingerprint density at radius 3 is 2.04 bits per heavy atom. The maximum atomic E-state index is 11.2. The molecule has 2 aliphatic heterocycles. The summed E-state index contributed by atoms with van der Waals surface area (Å²) in [6, 6.07) is 0. The molecule has 0 aromatic rings. The van der Waals surface area contributed by atoms with Crippen molar-refractivity contribution in [2.45, 2.75) is 115 Å². The molecule has 0 aromatic heterocycles. The number of nitrogens with zero attached hydrogens (tertiary/aromatic N) is 2. The van der Waals surface area contributed by atoms with Gasteiger partial charge >= 0.3 is 8.25 Å². The summed E-state index contributed by atoms with van der Waals surface area (Å²) in [5, 5.41) is 0. The van der Waals surface area contributed by atoms with Gasteiger partial charge < -0.3 is 0 Å². The predicted molar refractivity (Wildman–Crippen MR) is 108 cm³/mol. The van der Waals surface area contributed by atoms with Crippen molar-refractivity contribution >= 4 is 8.25 Å². The van der Waals surface area contributed by atoms with E-state index in [-0.39, 0.29) is 28.3 Å². The molecule has 2 fully saturated rings. The van der Waals surface area contributed by atoms with Crippen molar-refractivity contribution in [1.82, 2.24) is 9.80 Å². The highest BCUT2D eigenvalue weighted by atomic mass is 31.1. The summed E-state index contributed by atoms with van der Waals surface area (Å²) in [4.78, 5) is 14.3. The molecule has 6 heteroatoms. The van der Waals surface area contributed by atoms with Gasteiger partial charge in [0.05, 0.1) is 0 Å². The van der Waals surface area contributed by atoms with Crippen LogP contribution in [0.1, 0.15) is 86.5 Å². The largest absolute Gasteiger partial charge is 0.694 e. The van der Waals surface area contributed by atoms with Gasteiger partial charge in [-0.1, -0.05) is 0 Å². The van der Waals surface area contributed by atoms with Gasteiger partial charge in [0.2, 0.25) is 0 Å². The summed E-state index contributed by atoms with van der Waals surface area (Å²) in [5.74, 6) is 0. The first kappa shape index (κ1) is 22.2. The first-order valence-electron chi connectivity index (χ1n) is 10.0. The number of piperidine rings is 2. The van der Waals surface area contributed by atoms with E-state index < -0.39 is 8.25 Å². The van der Waals surface area contributed by atoms with Crippen molar-refractivity contribution in [3.8, 4) is 0 Å². The normalized spacial score (nSPS) is 39.0. The van der Waals surface area contributed by atoms with Gasteiger partial charge in [0.1, 0.15) is 6.10 Å². The van der Waals surface area contributed by atoms with Crippen LogP contribution in [0.5, 0.6) is 0 Å². The molecule has 26 heavy (non-hydrogen) atoms. The third kappa shape index (κ3) is 4.50. The molecule has 1 N–H and O–H groups in total. The van der Waals surface area contributed by atoms with Crippen LogP contribution in [0.4, 0.5) is 0 Å². The highest BCUT2D eigenvalue weighted by Crippen LogP contribution is 2.46. The van der Waals surface area contributed by atoms with Gasteiger partial charge in [-0.15, -0.1) is 9.42 Å². The number of likely N-dealkylation sites (tertiary alicyclic amines) is 2. The third-order valence-corrected chi connectivity index (χ3v) is 8.25. The molecular weight excluding hydrogens is 347 g/mol. The highest BCUT2D eigenvalue weighted by Gasteiger charge is 2.50. The Kier molecular flexibility index (Phi) is 6.33. The Morgan fingerprint density at radius 1 is 0.923 bits per heavy atom. The van der Waals surface area contributed by atoms with Crippen LogP contribution >= 0.6 is 8.25 Å². The van der Waals surface area contributed by atoms with Crippen LogP contribution in [0, 0.1) is 0 Å². The molecule has 4 unspecified atom stereocenters. The standard InChI is InChI=1S/C20H39N2O3P/c1-17(2)10-9-11-19(5,21(17)7)12-13-20(6)15-16(25-26(23)24)14-18(3,4)22(20)8/h16H,9-15H2,1-8H3/p+1. The number of hydrogen-bond donors (Lipinski definition) is 1. The van der Waals surface area contributed by atoms with E-state index in [9.17, 15) is 9.46 Å². The molecule has 0 spiro atoms. The number of rotatable bonds is 5. The number of hydrogen-bond acceptors (Lipinski definition) is 4. The molecule has 0 saturated carbocycles. The minimum Gasteiger partial charge on any atom is -0.296 e. The lowest BCUT2D eigenvalue weighted by molar-refractivity contribution is -0.0820. The molecule has 0 aromatic carbocycles. The first-order valence-corrected chi connectivity index (χ1v) is 11.2. The highest BCUT2D eigenvalue weighted by molar-refractivity contribution is 7.32. The lowest BCUT2D eigenvalue weighted by Crippen LogP contribution is -2.63. The molecule has 0 bridgehead atoms. The minimum atomic E-state index is -2.55. The summed E-state index contributed by atoms with van der Waals surface area (Å²) in [7, 11) is 1.93. The summed E-state index contributed by atoms with van der Waals surface area (Å²) in [6.07, 6.45) is 7.38. The minimum absolute atomic E-state index is 0.0385. The zero-order chi connectivity index (χ0) is 20.0. The third-order valence-electron chi connectivity index (χ3n) is 7.78. The molecule has 2 saturated heterocycles. The van der Waals surface area contributed by atoms with Crippen LogP contribution in [0.3, 0.4) is 0 Å². The quantitative estimate of drug-likeness (QED) is 0.692. The van der Waals surface area contributed by atoms with E-state index in [0.717, 1.165) is 25.7 Å². The Balaban J connectivity index is 2.15.